The number of hydrogen-bond donors (Lipinski definition) is 2. The van der Waals surface area contributed by atoms with E-state index < -0.39 is 22.0 Å². The Morgan fingerprint density at radius 3 is 2.41 bits per heavy atom. The maximum atomic E-state index is 13.1. The van der Waals surface area contributed by atoms with Gasteiger partial charge in [0.1, 0.15) is 4.90 Å². The minimum absolute atomic E-state index is 0.0474. The van der Waals surface area contributed by atoms with Crippen molar-refractivity contribution in [3.8, 4) is 0 Å². The van der Waals surface area contributed by atoms with Crippen molar-refractivity contribution in [1.82, 2.24) is 25.3 Å². The molecule has 2 atom stereocenters. The number of benzene rings is 2. The molecule has 11 heteroatoms. The predicted octanol–water partition coefficient (Wildman–Crippen LogP) is 4.60. The van der Waals surface area contributed by atoms with Gasteiger partial charge in [0.25, 0.3) is 0 Å². The van der Waals surface area contributed by atoms with Crippen LogP contribution in [0.2, 0.25) is 15.1 Å². The van der Waals surface area contributed by atoms with Crippen LogP contribution in [0.5, 0.6) is 0 Å². The zero-order chi connectivity index (χ0) is 21.3. The van der Waals surface area contributed by atoms with E-state index in [1.165, 1.54) is 18.2 Å². The molecule has 1 aromatic heterocycles. The number of nitrogens with zero attached hydrogens (tertiary/aromatic N) is 3. The second kappa shape index (κ2) is 8.57. The molecule has 1 heterocycles. The van der Waals surface area contributed by atoms with Gasteiger partial charge in [0.15, 0.2) is 5.82 Å². The van der Waals surface area contributed by atoms with Crippen LogP contribution in [0.25, 0.3) is 0 Å². The molecule has 0 bridgehead atoms. The van der Waals surface area contributed by atoms with Gasteiger partial charge in [-0.15, -0.1) is 10.2 Å². The number of H-pyrrole nitrogens is 1. The van der Waals surface area contributed by atoms with Crippen LogP contribution >= 0.6 is 34.8 Å². The molecule has 0 saturated heterocycles. The Morgan fingerprint density at radius 1 is 1.07 bits per heavy atom. The number of rotatable bonds is 6. The number of halogens is 3. The molecule has 2 aromatic carbocycles. The first-order chi connectivity index (χ1) is 13.6. The van der Waals surface area contributed by atoms with Crippen LogP contribution in [-0.2, 0) is 10.0 Å². The molecule has 0 aliphatic carbocycles. The van der Waals surface area contributed by atoms with Gasteiger partial charge in [-0.3, -0.25) is 0 Å². The van der Waals surface area contributed by atoms with Crippen molar-refractivity contribution < 1.29 is 8.42 Å². The number of hydrogen-bond acceptors (Lipinski definition) is 5. The van der Waals surface area contributed by atoms with Gasteiger partial charge < -0.3 is 0 Å². The van der Waals surface area contributed by atoms with Gasteiger partial charge in [0.2, 0.25) is 10.0 Å². The quantitative estimate of drug-likeness (QED) is 0.544. The maximum absolute atomic E-state index is 13.1. The molecule has 0 amide bonds. The van der Waals surface area contributed by atoms with E-state index in [0.717, 1.165) is 16.7 Å². The summed E-state index contributed by atoms with van der Waals surface area (Å²) in [7, 11) is -4.06. The van der Waals surface area contributed by atoms with Crippen molar-refractivity contribution >= 4 is 44.8 Å². The topological polar surface area (TPSA) is 101 Å². The van der Waals surface area contributed by atoms with Crippen LogP contribution in [0, 0.1) is 13.8 Å². The molecule has 0 aliphatic rings. The van der Waals surface area contributed by atoms with E-state index in [0.29, 0.717) is 5.02 Å². The standard InChI is InChI=1S/C18H18Cl3N5O2S/c1-9-4-6-14(21)16(10(9)2)11(3)17(18-22-25-26-23-18)24-29(27,28)15-8-12(19)5-7-13(15)20/h4-8,11,17,24H,1-3H3,(H,22,23,25,26)/t11-,17+/m1/s1. The lowest BCUT2D eigenvalue weighted by Gasteiger charge is -2.26. The molecule has 154 valence electrons. The molecule has 29 heavy (non-hydrogen) atoms. The first-order valence-corrected chi connectivity index (χ1v) is 11.2. The minimum atomic E-state index is -4.06. The molecule has 0 aliphatic heterocycles. The normalized spacial score (nSPS) is 14.0. The second-order valence-electron chi connectivity index (χ2n) is 6.64. The fraction of sp³-hybridized carbons (Fsp3) is 0.278. The number of tetrazole rings is 1. The molecule has 0 radical (unpaired) electrons. The van der Waals surface area contributed by atoms with Crippen LogP contribution in [0.3, 0.4) is 0 Å². The second-order valence-corrected chi connectivity index (χ2v) is 9.57. The van der Waals surface area contributed by atoms with Gasteiger partial charge in [0, 0.05) is 16.0 Å². The zero-order valence-electron chi connectivity index (χ0n) is 15.7. The van der Waals surface area contributed by atoms with Gasteiger partial charge >= 0.3 is 0 Å². The van der Waals surface area contributed by atoms with Crippen LogP contribution in [-0.4, -0.2) is 29.0 Å². The summed E-state index contributed by atoms with van der Waals surface area (Å²) in [5.41, 5.74) is 2.78. The molecule has 3 rings (SSSR count). The SMILES string of the molecule is Cc1ccc(Cl)c([C@@H](C)[C@H](NS(=O)(=O)c2cc(Cl)ccc2Cl)c2nn[nH]n2)c1C. The van der Waals surface area contributed by atoms with Gasteiger partial charge in [-0.1, -0.05) is 53.0 Å². The van der Waals surface area contributed by atoms with Gasteiger partial charge in [0.05, 0.1) is 11.1 Å². The smallest absolute Gasteiger partial charge is 0.207 e. The average molecular weight is 475 g/mol. The molecule has 0 saturated carbocycles. The van der Waals surface area contributed by atoms with E-state index in [9.17, 15) is 8.42 Å². The summed E-state index contributed by atoms with van der Waals surface area (Å²) in [5.74, 6) is -0.232. The number of aromatic amines is 1. The Hall–Kier alpha value is -1.71. The summed E-state index contributed by atoms with van der Waals surface area (Å²) in [6, 6.07) is 7.06. The fourth-order valence-corrected chi connectivity index (χ4v) is 5.54. The Bertz CT molecular complexity index is 1140. The van der Waals surface area contributed by atoms with Gasteiger partial charge in [-0.2, -0.15) is 9.94 Å². The van der Waals surface area contributed by atoms with Crippen molar-refractivity contribution in [2.75, 3.05) is 0 Å². The fourth-order valence-electron chi connectivity index (χ4n) is 3.12. The lowest BCUT2D eigenvalue weighted by Crippen LogP contribution is -2.33. The summed E-state index contributed by atoms with van der Waals surface area (Å²) in [4.78, 5) is -0.139. The highest BCUT2D eigenvalue weighted by atomic mass is 35.5. The third-order valence-corrected chi connectivity index (χ3v) is 7.28. The Morgan fingerprint density at radius 2 is 1.76 bits per heavy atom. The van der Waals surface area contributed by atoms with E-state index in [1.807, 2.05) is 26.8 Å². The number of sulfonamides is 1. The van der Waals surface area contributed by atoms with Crippen LogP contribution in [0.4, 0.5) is 0 Å². The van der Waals surface area contributed by atoms with Crippen molar-refractivity contribution in [3.05, 3.63) is 67.9 Å². The van der Waals surface area contributed by atoms with Crippen molar-refractivity contribution in [3.63, 3.8) is 0 Å². The highest BCUT2D eigenvalue weighted by Crippen LogP contribution is 2.38. The van der Waals surface area contributed by atoms with E-state index in [4.69, 9.17) is 34.8 Å². The van der Waals surface area contributed by atoms with Gasteiger partial charge in [-0.05, 0) is 54.8 Å². The average Bonchev–Trinajstić information content (AvgIpc) is 3.19. The molecular weight excluding hydrogens is 457 g/mol. The molecule has 2 N–H and O–H groups in total. The number of aromatic nitrogens is 4. The van der Waals surface area contributed by atoms with E-state index in [-0.39, 0.29) is 20.8 Å². The number of aryl methyl sites for hydroxylation is 1. The first kappa shape index (κ1) is 22.0. The number of nitrogens with one attached hydrogen (secondary N) is 2. The highest BCUT2D eigenvalue weighted by Gasteiger charge is 2.33. The third kappa shape index (κ3) is 4.57. The highest BCUT2D eigenvalue weighted by molar-refractivity contribution is 7.89. The Labute approximate surface area is 183 Å². The monoisotopic (exact) mass is 473 g/mol. The largest absolute Gasteiger partial charge is 0.242 e. The molecule has 0 spiro atoms. The van der Waals surface area contributed by atoms with Crippen molar-refractivity contribution in [1.29, 1.82) is 0 Å². The van der Waals surface area contributed by atoms with Crippen LogP contribution in [0.15, 0.2) is 35.2 Å². The maximum Gasteiger partial charge on any atom is 0.242 e. The molecule has 0 unspecified atom stereocenters. The molecular formula is C18H18Cl3N5O2S. The minimum Gasteiger partial charge on any atom is -0.207 e. The van der Waals surface area contributed by atoms with Crippen molar-refractivity contribution in [2.24, 2.45) is 0 Å². The van der Waals surface area contributed by atoms with E-state index in [1.54, 1.807) is 6.07 Å². The predicted molar refractivity (Wildman–Crippen MR) is 113 cm³/mol. The third-order valence-electron chi connectivity index (χ3n) is 4.79. The van der Waals surface area contributed by atoms with E-state index in [2.05, 4.69) is 25.3 Å². The lowest BCUT2D eigenvalue weighted by atomic mass is 9.88. The molecule has 3 aromatic rings. The van der Waals surface area contributed by atoms with Crippen LogP contribution in [0.1, 0.15) is 41.4 Å². The summed E-state index contributed by atoms with van der Waals surface area (Å²) in [6.45, 7) is 5.74. The van der Waals surface area contributed by atoms with E-state index >= 15 is 0 Å². The zero-order valence-corrected chi connectivity index (χ0v) is 18.8. The summed E-state index contributed by atoms with van der Waals surface area (Å²) < 4.78 is 28.9. The van der Waals surface area contributed by atoms with Crippen molar-refractivity contribution in [2.45, 2.75) is 37.6 Å². The van der Waals surface area contributed by atoms with Gasteiger partial charge in [-0.25, -0.2) is 8.42 Å². The Balaban J connectivity index is 2.08. The summed E-state index contributed by atoms with van der Waals surface area (Å²) in [6.07, 6.45) is 0. The molecule has 7 nitrogen and oxygen atoms in total. The lowest BCUT2D eigenvalue weighted by molar-refractivity contribution is 0.496. The molecule has 0 fully saturated rings. The summed E-state index contributed by atoms with van der Waals surface area (Å²) >= 11 is 18.5. The van der Waals surface area contributed by atoms with Crippen LogP contribution < -0.4 is 4.72 Å². The summed E-state index contributed by atoms with van der Waals surface area (Å²) in [5, 5.41) is 14.7. The first-order valence-electron chi connectivity index (χ1n) is 8.58. The Kier molecular flexibility index (Phi) is 6.50.